The third-order valence-corrected chi connectivity index (χ3v) is 3.08. The fraction of sp³-hybridized carbons (Fsp3) is 0.455. The number of alkyl halides is 1. The molecule has 1 aromatic carbocycles. The van der Waals surface area contributed by atoms with E-state index in [-0.39, 0.29) is 11.1 Å². The molecule has 1 saturated heterocycles. The summed E-state index contributed by atoms with van der Waals surface area (Å²) in [5, 5.41) is -0.0698. The van der Waals surface area contributed by atoms with Gasteiger partial charge >= 0.3 is 0 Å². The summed E-state index contributed by atoms with van der Waals surface area (Å²) in [5.74, 6) is 0.849. The van der Waals surface area contributed by atoms with E-state index in [1.807, 2.05) is 24.3 Å². The van der Waals surface area contributed by atoms with E-state index >= 15 is 0 Å². The predicted molar refractivity (Wildman–Crippen MR) is 60.4 cm³/mol. The smallest absolute Gasteiger partial charge is 0.142 e. The number of rotatable bonds is 2. The molecule has 0 radical (unpaired) electrons. The van der Waals surface area contributed by atoms with Crippen LogP contribution in [0.25, 0.3) is 0 Å². The van der Waals surface area contributed by atoms with Crippen molar-refractivity contribution in [1.82, 2.24) is 0 Å². The Kier molecular flexibility index (Phi) is 3.61. The van der Waals surface area contributed by atoms with Crippen LogP contribution >= 0.6 is 15.9 Å². The molecule has 0 aromatic heterocycles. The minimum Gasteiger partial charge on any atom is -0.497 e. The maximum atomic E-state index is 5.64. The summed E-state index contributed by atoms with van der Waals surface area (Å²) < 4.78 is 16.2. The Labute approximate surface area is 97.5 Å². The van der Waals surface area contributed by atoms with Crippen LogP contribution in [0.3, 0.4) is 0 Å². The summed E-state index contributed by atoms with van der Waals surface area (Å²) in [5.41, 5.74) is 1.09. The van der Waals surface area contributed by atoms with Crippen LogP contribution in [0.15, 0.2) is 24.3 Å². The molecule has 2 rings (SSSR count). The van der Waals surface area contributed by atoms with Gasteiger partial charge in [0.25, 0.3) is 0 Å². The average molecular weight is 273 g/mol. The average Bonchev–Trinajstić information content (AvgIpc) is 2.30. The highest BCUT2D eigenvalue weighted by Gasteiger charge is 2.25. The zero-order chi connectivity index (χ0) is 10.7. The second-order valence-corrected chi connectivity index (χ2v) is 4.19. The van der Waals surface area contributed by atoms with Crippen molar-refractivity contribution in [1.29, 1.82) is 0 Å². The zero-order valence-electron chi connectivity index (χ0n) is 8.48. The number of halogens is 1. The molecule has 0 aliphatic carbocycles. The van der Waals surface area contributed by atoms with Gasteiger partial charge in [0.2, 0.25) is 0 Å². The van der Waals surface area contributed by atoms with Crippen molar-refractivity contribution in [2.45, 2.75) is 11.1 Å². The molecular weight excluding hydrogens is 260 g/mol. The van der Waals surface area contributed by atoms with E-state index in [2.05, 4.69) is 15.9 Å². The minimum absolute atomic E-state index is 0.0374. The van der Waals surface area contributed by atoms with Gasteiger partial charge in [-0.15, -0.1) is 0 Å². The lowest BCUT2D eigenvalue weighted by Crippen LogP contribution is -2.27. The normalized spacial score (nSPS) is 26.3. The number of ether oxygens (including phenoxy) is 3. The Morgan fingerprint density at radius 3 is 2.47 bits per heavy atom. The van der Waals surface area contributed by atoms with Crippen LogP contribution in [0.4, 0.5) is 0 Å². The third-order valence-electron chi connectivity index (χ3n) is 2.34. The quantitative estimate of drug-likeness (QED) is 0.775. The Morgan fingerprint density at radius 1 is 1.20 bits per heavy atom. The standard InChI is InChI=1S/C11H13BrO3/c1-13-9-4-2-8(3-5-9)10-11(12)15-7-6-14-10/h2-5,10-11H,6-7H2,1H3/t10-,11+/m1/s1. The minimum atomic E-state index is -0.0698. The lowest BCUT2D eigenvalue weighted by Gasteiger charge is -2.28. The van der Waals surface area contributed by atoms with Crippen molar-refractivity contribution in [2.24, 2.45) is 0 Å². The van der Waals surface area contributed by atoms with E-state index in [0.29, 0.717) is 13.2 Å². The van der Waals surface area contributed by atoms with Crippen molar-refractivity contribution in [3.63, 3.8) is 0 Å². The van der Waals surface area contributed by atoms with Crippen molar-refractivity contribution in [3.8, 4) is 5.75 Å². The summed E-state index contributed by atoms with van der Waals surface area (Å²) in [6, 6.07) is 7.83. The molecule has 1 aliphatic rings. The molecule has 1 aromatic rings. The molecule has 0 spiro atoms. The SMILES string of the molecule is COc1ccc([C@H]2OCCO[C@@H]2Br)cc1. The van der Waals surface area contributed by atoms with E-state index in [0.717, 1.165) is 11.3 Å². The van der Waals surface area contributed by atoms with Crippen molar-refractivity contribution in [3.05, 3.63) is 29.8 Å². The van der Waals surface area contributed by atoms with Crippen molar-refractivity contribution < 1.29 is 14.2 Å². The predicted octanol–water partition coefficient (Wildman–Crippen LogP) is 2.50. The van der Waals surface area contributed by atoms with Gasteiger partial charge in [-0.25, -0.2) is 0 Å². The van der Waals surface area contributed by atoms with Crippen LogP contribution in [-0.2, 0) is 9.47 Å². The molecule has 0 bridgehead atoms. The van der Waals surface area contributed by atoms with Gasteiger partial charge in [0.1, 0.15) is 16.9 Å². The molecule has 0 unspecified atom stereocenters. The topological polar surface area (TPSA) is 27.7 Å². The van der Waals surface area contributed by atoms with Crippen LogP contribution in [0.1, 0.15) is 11.7 Å². The van der Waals surface area contributed by atoms with E-state index in [1.165, 1.54) is 0 Å². The van der Waals surface area contributed by atoms with Crippen LogP contribution in [0.5, 0.6) is 5.75 Å². The molecule has 3 nitrogen and oxygen atoms in total. The largest absolute Gasteiger partial charge is 0.497 e. The Hall–Kier alpha value is -0.580. The molecule has 0 N–H and O–H groups in total. The van der Waals surface area contributed by atoms with Gasteiger partial charge in [0.05, 0.1) is 20.3 Å². The maximum Gasteiger partial charge on any atom is 0.142 e. The highest BCUT2D eigenvalue weighted by atomic mass is 79.9. The molecule has 15 heavy (non-hydrogen) atoms. The molecule has 1 heterocycles. The molecule has 4 heteroatoms. The van der Waals surface area contributed by atoms with Gasteiger partial charge in [-0.05, 0) is 17.7 Å². The van der Waals surface area contributed by atoms with Gasteiger partial charge in [0, 0.05) is 0 Å². The van der Waals surface area contributed by atoms with Gasteiger partial charge in [-0.1, -0.05) is 28.1 Å². The molecule has 0 saturated carbocycles. The Morgan fingerprint density at radius 2 is 1.87 bits per heavy atom. The lowest BCUT2D eigenvalue weighted by molar-refractivity contribution is -0.103. The molecule has 0 amide bonds. The molecular formula is C11H13BrO3. The molecule has 2 atom stereocenters. The van der Waals surface area contributed by atoms with Crippen LogP contribution < -0.4 is 4.74 Å². The highest BCUT2D eigenvalue weighted by Crippen LogP contribution is 2.30. The molecule has 1 fully saturated rings. The van der Waals surface area contributed by atoms with Crippen molar-refractivity contribution >= 4 is 15.9 Å². The van der Waals surface area contributed by atoms with Gasteiger partial charge in [-0.2, -0.15) is 0 Å². The second-order valence-electron chi connectivity index (χ2n) is 3.29. The summed E-state index contributed by atoms with van der Waals surface area (Å²) in [7, 11) is 1.66. The maximum absolute atomic E-state index is 5.64. The Balaban J connectivity index is 2.13. The fourth-order valence-corrected chi connectivity index (χ4v) is 2.18. The number of hydrogen-bond acceptors (Lipinski definition) is 3. The zero-order valence-corrected chi connectivity index (χ0v) is 10.1. The van der Waals surface area contributed by atoms with E-state index in [9.17, 15) is 0 Å². The van der Waals surface area contributed by atoms with Gasteiger partial charge in [-0.3, -0.25) is 0 Å². The lowest BCUT2D eigenvalue weighted by atomic mass is 10.1. The summed E-state index contributed by atoms with van der Waals surface area (Å²) in [6.45, 7) is 1.28. The first-order valence-corrected chi connectivity index (χ1v) is 5.74. The van der Waals surface area contributed by atoms with Gasteiger partial charge in [0.15, 0.2) is 0 Å². The van der Waals surface area contributed by atoms with E-state index in [1.54, 1.807) is 7.11 Å². The monoisotopic (exact) mass is 272 g/mol. The van der Waals surface area contributed by atoms with Crippen LogP contribution in [-0.4, -0.2) is 25.3 Å². The highest BCUT2D eigenvalue weighted by molar-refractivity contribution is 9.09. The van der Waals surface area contributed by atoms with Crippen molar-refractivity contribution in [2.75, 3.05) is 20.3 Å². The number of hydrogen-bond donors (Lipinski definition) is 0. The van der Waals surface area contributed by atoms with E-state index in [4.69, 9.17) is 14.2 Å². The first kappa shape index (κ1) is 10.9. The number of benzene rings is 1. The molecule has 1 aliphatic heterocycles. The van der Waals surface area contributed by atoms with Crippen LogP contribution in [0.2, 0.25) is 0 Å². The van der Waals surface area contributed by atoms with Crippen LogP contribution in [0, 0.1) is 0 Å². The first-order valence-electron chi connectivity index (χ1n) is 4.82. The summed E-state index contributed by atoms with van der Waals surface area (Å²) >= 11 is 3.45. The van der Waals surface area contributed by atoms with E-state index < -0.39 is 0 Å². The molecule has 82 valence electrons. The number of methoxy groups -OCH3 is 1. The second kappa shape index (κ2) is 4.96. The summed E-state index contributed by atoms with van der Waals surface area (Å²) in [6.07, 6.45) is -0.0374. The summed E-state index contributed by atoms with van der Waals surface area (Å²) in [4.78, 5) is 0. The third kappa shape index (κ3) is 2.51. The fourth-order valence-electron chi connectivity index (χ4n) is 1.54. The first-order chi connectivity index (χ1) is 7.31. The van der Waals surface area contributed by atoms with Gasteiger partial charge < -0.3 is 14.2 Å². The Bertz CT molecular complexity index is 312.